The van der Waals surface area contributed by atoms with E-state index in [0.29, 0.717) is 39.6 Å². The van der Waals surface area contributed by atoms with E-state index in [-0.39, 0.29) is 5.91 Å². The summed E-state index contributed by atoms with van der Waals surface area (Å²) in [5, 5.41) is 3.68. The number of hydrogen-bond acceptors (Lipinski definition) is 2. The summed E-state index contributed by atoms with van der Waals surface area (Å²) in [6.45, 7) is 4.62. The van der Waals surface area contributed by atoms with Gasteiger partial charge in [-0.2, -0.15) is 0 Å². The third-order valence-electron chi connectivity index (χ3n) is 2.94. The summed E-state index contributed by atoms with van der Waals surface area (Å²) in [6.07, 6.45) is 0. The van der Waals surface area contributed by atoms with Crippen LogP contribution in [0.5, 0.6) is 5.75 Å². The molecule has 0 bridgehead atoms. The molecule has 0 atom stereocenters. The predicted molar refractivity (Wildman–Crippen MR) is 98.9 cm³/mol. The number of hydrogen-bond donors (Lipinski definition) is 1. The molecule has 2 rings (SSSR count). The van der Waals surface area contributed by atoms with E-state index in [1.807, 2.05) is 19.9 Å². The maximum absolute atomic E-state index is 12.6. The van der Waals surface area contributed by atoms with Gasteiger partial charge in [0.25, 0.3) is 5.91 Å². The average Bonchev–Trinajstić information content (AvgIpc) is 2.49. The van der Waals surface area contributed by atoms with Crippen molar-refractivity contribution >= 4 is 50.7 Å². The van der Waals surface area contributed by atoms with E-state index < -0.39 is 0 Å². The number of halogens is 3. The van der Waals surface area contributed by atoms with Crippen LogP contribution in [0.1, 0.15) is 24.2 Å². The highest BCUT2D eigenvalue weighted by molar-refractivity contribution is 9.10. The van der Waals surface area contributed by atoms with Crippen LogP contribution in [0.4, 0.5) is 5.69 Å². The summed E-state index contributed by atoms with van der Waals surface area (Å²) in [5.41, 5.74) is 0.884. The number of carbonyl (C=O) groups excluding carboxylic acids is 1. The first-order chi connectivity index (χ1) is 10.9. The number of benzene rings is 2. The average molecular weight is 417 g/mol. The Morgan fingerprint density at radius 2 is 1.96 bits per heavy atom. The van der Waals surface area contributed by atoms with Gasteiger partial charge in [0.05, 0.1) is 22.9 Å². The van der Waals surface area contributed by atoms with E-state index in [1.54, 1.807) is 30.3 Å². The third kappa shape index (κ3) is 5.13. The van der Waals surface area contributed by atoms with Gasteiger partial charge in [0.1, 0.15) is 5.75 Å². The summed E-state index contributed by atoms with van der Waals surface area (Å²) in [4.78, 5) is 12.6. The Labute approximate surface area is 154 Å². The number of ether oxygens (including phenoxy) is 1. The van der Waals surface area contributed by atoms with Crippen molar-refractivity contribution in [3.8, 4) is 5.75 Å². The standard InChI is InChI=1S/C17H16BrCl2NO2/c1-10(2)9-23-16-6-3-11(18)7-13(16)17(22)21-15-8-12(19)4-5-14(15)20/h3-8,10H,9H2,1-2H3,(H,21,22). The van der Waals surface area contributed by atoms with Crippen molar-refractivity contribution in [3.63, 3.8) is 0 Å². The highest BCUT2D eigenvalue weighted by atomic mass is 79.9. The van der Waals surface area contributed by atoms with Gasteiger partial charge in [0.2, 0.25) is 0 Å². The zero-order valence-electron chi connectivity index (χ0n) is 12.7. The zero-order chi connectivity index (χ0) is 17.0. The molecule has 2 aromatic carbocycles. The van der Waals surface area contributed by atoms with Gasteiger partial charge in [-0.1, -0.05) is 53.0 Å². The van der Waals surface area contributed by atoms with Crippen LogP contribution in [-0.4, -0.2) is 12.5 Å². The molecule has 0 radical (unpaired) electrons. The Morgan fingerprint density at radius 1 is 1.22 bits per heavy atom. The largest absolute Gasteiger partial charge is 0.492 e. The molecule has 0 fully saturated rings. The van der Waals surface area contributed by atoms with Gasteiger partial charge in [0.15, 0.2) is 0 Å². The van der Waals surface area contributed by atoms with E-state index in [9.17, 15) is 4.79 Å². The molecule has 1 N–H and O–H groups in total. The van der Waals surface area contributed by atoms with Crippen molar-refractivity contribution in [1.82, 2.24) is 0 Å². The van der Waals surface area contributed by atoms with Crippen LogP contribution < -0.4 is 10.1 Å². The van der Waals surface area contributed by atoms with Crippen LogP contribution in [-0.2, 0) is 0 Å². The molecule has 0 unspecified atom stereocenters. The first kappa shape index (κ1) is 18.1. The van der Waals surface area contributed by atoms with Crippen LogP contribution in [0.15, 0.2) is 40.9 Å². The fourth-order valence-corrected chi connectivity index (χ4v) is 2.54. The first-order valence-corrected chi connectivity index (χ1v) is 8.60. The molecule has 0 aliphatic rings. The minimum absolute atomic E-state index is 0.311. The minimum Gasteiger partial charge on any atom is -0.492 e. The summed E-state index contributed by atoms with van der Waals surface area (Å²) < 4.78 is 6.51. The van der Waals surface area contributed by atoms with Crippen LogP contribution in [0.25, 0.3) is 0 Å². The molecule has 6 heteroatoms. The van der Waals surface area contributed by atoms with Crippen LogP contribution >= 0.6 is 39.1 Å². The van der Waals surface area contributed by atoms with Crippen molar-refractivity contribution in [2.75, 3.05) is 11.9 Å². The summed E-state index contributed by atoms with van der Waals surface area (Å²) in [6, 6.07) is 10.2. The maximum atomic E-state index is 12.6. The Morgan fingerprint density at radius 3 is 2.65 bits per heavy atom. The van der Waals surface area contributed by atoms with Crippen molar-refractivity contribution in [2.24, 2.45) is 5.92 Å². The summed E-state index contributed by atoms with van der Waals surface area (Å²) in [5.74, 6) is 0.573. The molecule has 0 saturated carbocycles. The fourth-order valence-electron chi connectivity index (χ4n) is 1.84. The smallest absolute Gasteiger partial charge is 0.259 e. The predicted octanol–water partition coefficient (Wildman–Crippen LogP) is 6.04. The van der Waals surface area contributed by atoms with E-state index in [1.165, 1.54) is 0 Å². The number of nitrogens with one attached hydrogen (secondary N) is 1. The minimum atomic E-state index is -0.311. The highest BCUT2D eigenvalue weighted by Crippen LogP contribution is 2.28. The molecule has 122 valence electrons. The summed E-state index contributed by atoms with van der Waals surface area (Å²) in [7, 11) is 0. The second-order valence-electron chi connectivity index (χ2n) is 5.42. The van der Waals surface area contributed by atoms with Gasteiger partial charge in [-0.3, -0.25) is 4.79 Å². The quantitative estimate of drug-likeness (QED) is 0.644. The lowest BCUT2D eigenvalue weighted by molar-refractivity contribution is 0.102. The lowest BCUT2D eigenvalue weighted by Crippen LogP contribution is -2.15. The highest BCUT2D eigenvalue weighted by Gasteiger charge is 2.15. The molecule has 0 heterocycles. The van der Waals surface area contributed by atoms with Crippen LogP contribution in [0.2, 0.25) is 10.0 Å². The summed E-state index contributed by atoms with van der Waals surface area (Å²) >= 11 is 15.4. The maximum Gasteiger partial charge on any atom is 0.259 e. The molecule has 0 spiro atoms. The van der Waals surface area contributed by atoms with E-state index in [0.717, 1.165) is 4.47 Å². The Kier molecular flexibility index (Phi) is 6.33. The van der Waals surface area contributed by atoms with Crippen LogP contribution in [0.3, 0.4) is 0 Å². The Bertz CT molecular complexity index is 720. The lowest BCUT2D eigenvalue weighted by atomic mass is 10.1. The van der Waals surface area contributed by atoms with E-state index in [4.69, 9.17) is 27.9 Å². The van der Waals surface area contributed by atoms with Crippen molar-refractivity contribution < 1.29 is 9.53 Å². The lowest BCUT2D eigenvalue weighted by Gasteiger charge is -2.14. The van der Waals surface area contributed by atoms with Crippen molar-refractivity contribution in [1.29, 1.82) is 0 Å². The van der Waals surface area contributed by atoms with Gasteiger partial charge >= 0.3 is 0 Å². The van der Waals surface area contributed by atoms with E-state index in [2.05, 4.69) is 21.2 Å². The Balaban J connectivity index is 2.27. The van der Waals surface area contributed by atoms with Gasteiger partial charge in [-0.05, 0) is 42.3 Å². The number of anilines is 1. The fraction of sp³-hybridized carbons (Fsp3) is 0.235. The third-order valence-corrected chi connectivity index (χ3v) is 3.99. The number of amides is 1. The second-order valence-corrected chi connectivity index (χ2v) is 7.18. The zero-order valence-corrected chi connectivity index (χ0v) is 15.8. The topological polar surface area (TPSA) is 38.3 Å². The van der Waals surface area contributed by atoms with Crippen molar-refractivity contribution in [3.05, 3.63) is 56.5 Å². The van der Waals surface area contributed by atoms with Gasteiger partial charge in [0, 0.05) is 9.50 Å². The Hall–Kier alpha value is -1.23. The SMILES string of the molecule is CC(C)COc1ccc(Br)cc1C(=O)Nc1cc(Cl)ccc1Cl. The normalized spacial score (nSPS) is 10.7. The molecule has 3 nitrogen and oxygen atoms in total. The van der Waals surface area contributed by atoms with Gasteiger partial charge in [-0.25, -0.2) is 0 Å². The molecule has 0 aliphatic heterocycles. The second kappa shape index (κ2) is 8.04. The molecule has 0 aliphatic carbocycles. The van der Waals surface area contributed by atoms with Gasteiger partial charge < -0.3 is 10.1 Å². The van der Waals surface area contributed by atoms with Crippen LogP contribution in [0, 0.1) is 5.92 Å². The molecule has 23 heavy (non-hydrogen) atoms. The van der Waals surface area contributed by atoms with E-state index >= 15 is 0 Å². The van der Waals surface area contributed by atoms with Gasteiger partial charge in [-0.15, -0.1) is 0 Å². The molecule has 2 aromatic rings. The molecule has 0 saturated heterocycles. The number of carbonyl (C=O) groups is 1. The molecular formula is C17H16BrCl2NO2. The molecule has 1 amide bonds. The monoisotopic (exact) mass is 415 g/mol. The number of rotatable bonds is 5. The van der Waals surface area contributed by atoms with Crippen molar-refractivity contribution in [2.45, 2.75) is 13.8 Å². The first-order valence-electron chi connectivity index (χ1n) is 7.05. The molecule has 0 aromatic heterocycles. The molecular weight excluding hydrogens is 401 g/mol.